The van der Waals surface area contributed by atoms with Crippen LogP contribution in [0.25, 0.3) is 0 Å². The average molecular weight is 350 g/mol. The fraction of sp³-hybridized carbons (Fsp3) is 0.875. The summed E-state index contributed by atoms with van der Waals surface area (Å²) in [5, 5.41) is 11.1. The monoisotopic (exact) mass is 350 g/mol. The summed E-state index contributed by atoms with van der Waals surface area (Å²) in [5.41, 5.74) is 0. The zero-order valence-corrected chi connectivity index (χ0v) is 14.2. The van der Waals surface area contributed by atoms with Crippen molar-refractivity contribution in [2.75, 3.05) is 26.2 Å². The number of unbranched alkanes of at least 4 members (excludes halogenated alkanes) is 1. The molecule has 2 saturated heterocycles. The Bertz CT molecular complexity index is 402. The van der Waals surface area contributed by atoms with Crippen LogP contribution in [0.2, 0.25) is 0 Å². The molecule has 0 spiro atoms. The number of amides is 1. The van der Waals surface area contributed by atoms with Crippen LogP contribution in [0.5, 0.6) is 0 Å². The third-order valence-electron chi connectivity index (χ3n) is 4.06. The van der Waals surface area contributed by atoms with Crippen LogP contribution >= 0.6 is 0 Å². The molecule has 8 heteroatoms. The summed E-state index contributed by atoms with van der Waals surface area (Å²) in [5.74, 6) is -2.75. The molecule has 2 fully saturated rings. The number of ether oxygens (including phenoxy) is 1. The molecular weight excluding hydrogens is 322 g/mol. The van der Waals surface area contributed by atoms with Crippen LogP contribution in [-0.4, -0.2) is 60.3 Å². The standard InChI is InChI=1S/C11H19F2NO2.C5H9NO2/c1-2-16-10(15)6-4-3-5-9-7-11(12,13)8-14-9;7-5(8)6-3-1-2-4-6/h9,14H,2-8H2,1H3;1-4H2,(H,7,8). The number of alkyl halides is 2. The molecule has 24 heavy (non-hydrogen) atoms. The van der Waals surface area contributed by atoms with Crippen molar-refractivity contribution in [3.8, 4) is 0 Å². The first-order valence-electron chi connectivity index (χ1n) is 8.59. The van der Waals surface area contributed by atoms with Gasteiger partial charge in [0.1, 0.15) is 0 Å². The zero-order valence-electron chi connectivity index (χ0n) is 14.2. The van der Waals surface area contributed by atoms with E-state index in [0.717, 1.165) is 32.4 Å². The zero-order chi connectivity index (χ0) is 18.0. The molecule has 0 aromatic rings. The summed E-state index contributed by atoms with van der Waals surface area (Å²) in [4.78, 5) is 22.6. The van der Waals surface area contributed by atoms with Gasteiger partial charge in [-0.15, -0.1) is 0 Å². The number of carbonyl (C=O) groups is 2. The van der Waals surface area contributed by atoms with E-state index in [1.165, 1.54) is 4.90 Å². The van der Waals surface area contributed by atoms with Gasteiger partial charge in [-0.2, -0.15) is 0 Å². The van der Waals surface area contributed by atoms with Crippen LogP contribution in [0.4, 0.5) is 13.6 Å². The minimum atomic E-state index is -2.55. The number of rotatable bonds is 6. The van der Waals surface area contributed by atoms with Crippen molar-refractivity contribution >= 4 is 12.1 Å². The Morgan fingerprint density at radius 2 is 1.96 bits per heavy atom. The third-order valence-corrected chi connectivity index (χ3v) is 4.06. The van der Waals surface area contributed by atoms with Crippen LogP contribution in [0.3, 0.4) is 0 Å². The van der Waals surface area contributed by atoms with Crippen molar-refractivity contribution in [2.45, 2.75) is 63.8 Å². The second kappa shape index (κ2) is 10.4. The second-order valence-corrected chi connectivity index (χ2v) is 6.17. The van der Waals surface area contributed by atoms with Gasteiger partial charge < -0.3 is 20.1 Å². The van der Waals surface area contributed by atoms with Gasteiger partial charge in [-0.05, 0) is 32.6 Å². The molecule has 1 amide bonds. The molecule has 2 heterocycles. The number of nitrogens with zero attached hydrogens (tertiary/aromatic N) is 1. The van der Waals surface area contributed by atoms with Gasteiger partial charge in [-0.1, -0.05) is 6.42 Å². The maximum Gasteiger partial charge on any atom is 0.407 e. The Morgan fingerprint density at radius 1 is 1.29 bits per heavy atom. The number of hydrogen-bond donors (Lipinski definition) is 2. The number of esters is 1. The van der Waals surface area contributed by atoms with E-state index in [4.69, 9.17) is 9.84 Å². The van der Waals surface area contributed by atoms with Crippen molar-refractivity contribution in [3.63, 3.8) is 0 Å². The number of halogens is 2. The Balaban J connectivity index is 0.000000300. The highest BCUT2D eigenvalue weighted by atomic mass is 19.3. The number of carboxylic acid groups (broad SMARTS) is 1. The highest BCUT2D eigenvalue weighted by Gasteiger charge is 2.38. The van der Waals surface area contributed by atoms with Crippen molar-refractivity contribution < 1.29 is 28.2 Å². The summed E-state index contributed by atoms with van der Waals surface area (Å²) >= 11 is 0. The van der Waals surface area contributed by atoms with Crippen LogP contribution in [0.15, 0.2) is 0 Å². The second-order valence-electron chi connectivity index (χ2n) is 6.17. The van der Waals surface area contributed by atoms with Crippen molar-refractivity contribution in [2.24, 2.45) is 0 Å². The first-order valence-corrected chi connectivity index (χ1v) is 8.59. The largest absolute Gasteiger partial charge is 0.466 e. The maximum absolute atomic E-state index is 12.8. The lowest BCUT2D eigenvalue weighted by Crippen LogP contribution is -2.25. The first kappa shape index (κ1) is 20.6. The molecule has 1 atom stereocenters. The van der Waals surface area contributed by atoms with E-state index in [0.29, 0.717) is 25.9 Å². The predicted octanol–water partition coefficient (Wildman–Crippen LogP) is 2.87. The van der Waals surface area contributed by atoms with Crippen molar-refractivity contribution in [1.29, 1.82) is 0 Å². The Labute approximate surface area is 141 Å². The summed E-state index contributed by atoms with van der Waals surface area (Å²) in [6, 6.07) is -0.0998. The van der Waals surface area contributed by atoms with Crippen molar-refractivity contribution in [1.82, 2.24) is 10.2 Å². The lowest BCUT2D eigenvalue weighted by molar-refractivity contribution is -0.143. The molecule has 0 aliphatic carbocycles. The minimum Gasteiger partial charge on any atom is -0.466 e. The van der Waals surface area contributed by atoms with Crippen LogP contribution in [0.1, 0.15) is 51.9 Å². The molecule has 0 aromatic carbocycles. The quantitative estimate of drug-likeness (QED) is 0.569. The van der Waals surface area contributed by atoms with E-state index in [9.17, 15) is 18.4 Å². The Morgan fingerprint density at radius 3 is 2.42 bits per heavy atom. The fourth-order valence-corrected chi connectivity index (χ4v) is 2.80. The number of nitrogens with one attached hydrogen (secondary N) is 1. The summed E-state index contributed by atoms with van der Waals surface area (Å²) in [6.45, 7) is 3.41. The van der Waals surface area contributed by atoms with E-state index in [1.54, 1.807) is 6.92 Å². The molecule has 0 bridgehead atoms. The topological polar surface area (TPSA) is 78.9 Å². The molecule has 2 rings (SSSR count). The summed E-state index contributed by atoms with van der Waals surface area (Å²) < 4.78 is 30.4. The van der Waals surface area contributed by atoms with Gasteiger partial charge in [-0.3, -0.25) is 4.79 Å². The van der Waals surface area contributed by atoms with Gasteiger partial charge in [0.25, 0.3) is 5.92 Å². The summed E-state index contributed by atoms with van der Waals surface area (Å²) in [7, 11) is 0. The minimum absolute atomic E-state index is 0.0770. The number of carbonyl (C=O) groups excluding carboxylic acids is 1. The lowest BCUT2D eigenvalue weighted by atomic mass is 10.1. The van der Waals surface area contributed by atoms with E-state index in [-0.39, 0.29) is 25.0 Å². The highest BCUT2D eigenvalue weighted by Crippen LogP contribution is 2.27. The number of hydrogen-bond acceptors (Lipinski definition) is 4. The molecule has 1 unspecified atom stereocenters. The molecule has 6 nitrogen and oxygen atoms in total. The smallest absolute Gasteiger partial charge is 0.407 e. The van der Waals surface area contributed by atoms with Gasteiger partial charge in [0.15, 0.2) is 0 Å². The molecule has 2 aliphatic rings. The summed E-state index contributed by atoms with van der Waals surface area (Å²) in [6.07, 6.45) is 3.80. The van der Waals surface area contributed by atoms with Crippen LogP contribution < -0.4 is 5.32 Å². The molecule has 0 saturated carbocycles. The molecule has 0 radical (unpaired) electrons. The van der Waals surface area contributed by atoms with Gasteiger partial charge in [0.05, 0.1) is 13.2 Å². The number of likely N-dealkylation sites (tertiary alicyclic amines) is 1. The average Bonchev–Trinajstić information content (AvgIpc) is 3.14. The van der Waals surface area contributed by atoms with E-state index in [1.807, 2.05) is 0 Å². The van der Waals surface area contributed by atoms with Gasteiger partial charge in [-0.25, -0.2) is 13.6 Å². The lowest BCUT2D eigenvalue weighted by Gasteiger charge is -2.09. The molecular formula is C16H28F2N2O4. The first-order chi connectivity index (χ1) is 11.3. The predicted molar refractivity (Wildman–Crippen MR) is 85.3 cm³/mol. The Hall–Kier alpha value is -1.44. The van der Waals surface area contributed by atoms with Crippen LogP contribution in [-0.2, 0) is 9.53 Å². The van der Waals surface area contributed by atoms with Gasteiger partial charge in [0, 0.05) is 32.0 Å². The fourth-order valence-electron chi connectivity index (χ4n) is 2.80. The van der Waals surface area contributed by atoms with E-state index in [2.05, 4.69) is 5.32 Å². The molecule has 2 aliphatic heterocycles. The molecule has 0 aromatic heterocycles. The normalized spacial score (nSPS) is 22.0. The Kier molecular flexibility index (Phi) is 8.95. The van der Waals surface area contributed by atoms with Gasteiger partial charge in [0.2, 0.25) is 0 Å². The third kappa shape index (κ3) is 8.42. The van der Waals surface area contributed by atoms with Crippen LogP contribution in [0, 0.1) is 0 Å². The molecule has 2 N–H and O–H groups in total. The maximum atomic E-state index is 12.8. The SMILES string of the molecule is CCOC(=O)CCCCC1CC(F)(F)CN1.O=C(O)N1CCCC1. The van der Waals surface area contributed by atoms with Gasteiger partial charge >= 0.3 is 12.1 Å². The van der Waals surface area contributed by atoms with Crippen molar-refractivity contribution in [3.05, 3.63) is 0 Å². The van der Waals surface area contributed by atoms with E-state index >= 15 is 0 Å². The highest BCUT2D eigenvalue weighted by molar-refractivity contribution is 5.69. The molecule has 140 valence electrons. The van der Waals surface area contributed by atoms with E-state index < -0.39 is 12.0 Å².